The normalized spacial score (nSPS) is 12.8. The number of hydrogen-bond donors (Lipinski definition) is 0. The molecule has 0 aliphatic carbocycles. The van der Waals surface area contributed by atoms with Gasteiger partial charge < -0.3 is 12.4 Å². The molecule has 0 fully saturated rings. The van der Waals surface area contributed by atoms with Gasteiger partial charge in [-0.25, -0.2) is 0 Å². The van der Waals surface area contributed by atoms with E-state index in [1.54, 1.807) is 0 Å². The van der Waals surface area contributed by atoms with Gasteiger partial charge in [-0.05, 0) is 74.1 Å². The summed E-state index contributed by atoms with van der Waals surface area (Å²) in [6.45, 7) is 32.4. The molecule has 4 aromatic rings. The van der Waals surface area contributed by atoms with Crippen LogP contribution < -0.4 is 17.0 Å². The summed E-state index contributed by atoms with van der Waals surface area (Å²) < 4.78 is 2.44. The summed E-state index contributed by atoms with van der Waals surface area (Å²) in [6, 6.07) is 21.5. The van der Waals surface area contributed by atoms with Gasteiger partial charge in [-0.3, -0.25) is 0 Å². The minimum atomic E-state index is 0. The monoisotopic (exact) mass is 601 g/mol. The van der Waals surface area contributed by atoms with Crippen LogP contribution in [-0.2, 0) is 21.7 Å². The number of halogens is 1. The fourth-order valence-corrected chi connectivity index (χ4v) is 6.05. The quantitative estimate of drug-likeness (QED) is 0.209. The van der Waals surface area contributed by atoms with E-state index in [-0.39, 0.29) is 34.1 Å². The van der Waals surface area contributed by atoms with E-state index in [9.17, 15) is 0 Å². The maximum absolute atomic E-state index is 2.44. The Labute approximate surface area is 266 Å². The predicted octanol–water partition coefficient (Wildman–Crippen LogP) is 8.17. The van der Waals surface area contributed by atoms with E-state index in [2.05, 4.69) is 162 Å². The molecule has 1 nitrogen and oxygen atoms in total. The summed E-state index contributed by atoms with van der Waals surface area (Å²) >= 11 is 1.83. The summed E-state index contributed by atoms with van der Waals surface area (Å²) in [5.74, 6) is 0. The zero-order valence-corrected chi connectivity index (χ0v) is 30.1. The van der Waals surface area contributed by atoms with Gasteiger partial charge in [0.15, 0.2) is 5.69 Å². The van der Waals surface area contributed by atoms with Gasteiger partial charge in [0.05, 0.1) is 16.0 Å². The van der Waals surface area contributed by atoms with Crippen LogP contribution in [0.2, 0.25) is 0 Å². The molecule has 0 spiro atoms. The highest BCUT2D eigenvalue weighted by atomic mass is 35.5. The second-order valence-electron chi connectivity index (χ2n) is 16.0. The van der Waals surface area contributed by atoms with E-state index in [1.165, 1.54) is 60.8 Å². The Kier molecular flexibility index (Phi) is 9.40. The van der Waals surface area contributed by atoms with E-state index in [1.807, 2.05) is 11.3 Å². The van der Waals surface area contributed by atoms with Crippen molar-refractivity contribution in [2.75, 3.05) is 0 Å². The molecule has 0 saturated heterocycles. The van der Waals surface area contributed by atoms with Crippen LogP contribution in [-0.4, -0.2) is 0 Å². The first kappa shape index (κ1) is 34.1. The lowest BCUT2D eigenvalue weighted by atomic mass is 9.77. The van der Waals surface area contributed by atoms with E-state index in [4.69, 9.17) is 0 Å². The van der Waals surface area contributed by atoms with Crippen molar-refractivity contribution >= 4 is 11.3 Å². The first-order valence-electron chi connectivity index (χ1n) is 15.1. The summed E-state index contributed by atoms with van der Waals surface area (Å²) in [5.41, 5.74) is 15.7. The average Bonchev–Trinajstić information content (AvgIpc) is 3.18. The summed E-state index contributed by atoms with van der Waals surface area (Å²) in [4.78, 5) is 1.35. The van der Waals surface area contributed by atoms with E-state index in [0.29, 0.717) is 0 Å². The van der Waals surface area contributed by atoms with E-state index >= 15 is 0 Å². The first-order valence-corrected chi connectivity index (χ1v) is 16.0. The molecule has 1 aromatic heterocycles. The molecule has 0 aliphatic rings. The maximum Gasteiger partial charge on any atom is 0.231 e. The zero-order valence-electron chi connectivity index (χ0n) is 28.5. The highest BCUT2D eigenvalue weighted by Crippen LogP contribution is 2.40. The van der Waals surface area contributed by atoms with Crippen LogP contribution in [0.1, 0.15) is 116 Å². The molecule has 0 amide bonds. The lowest BCUT2D eigenvalue weighted by molar-refractivity contribution is -0.596. The second-order valence-corrected chi connectivity index (χ2v) is 17.1. The van der Waals surface area contributed by atoms with Crippen molar-refractivity contribution in [2.24, 2.45) is 0 Å². The average molecular weight is 602 g/mol. The van der Waals surface area contributed by atoms with Gasteiger partial charge in [0.25, 0.3) is 0 Å². The molecule has 226 valence electrons. The van der Waals surface area contributed by atoms with Gasteiger partial charge in [0, 0.05) is 6.92 Å². The summed E-state index contributed by atoms with van der Waals surface area (Å²) in [5, 5.41) is 0. The van der Waals surface area contributed by atoms with Gasteiger partial charge in [-0.1, -0.05) is 137 Å². The Bertz CT molecular complexity index is 1420. The zero-order chi connectivity index (χ0) is 30.7. The minimum absolute atomic E-state index is 0. The van der Waals surface area contributed by atoms with Crippen LogP contribution in [0, 0.1) is 13.8 Å². The van der Waals surface area contributed by atoms with Crippen molar-refractivity contribution in [1.29, 1.82) is 0 Å². The molecule has 0 N–H and O–H groups in total. The molecule has 42 heavy (non-hydrogen) atoms. The van der Waals surface area contributed by atoms with E-state index in [0.717, 1.165) is 0 Å². The Balaban J connectivity index is 0.00000484. The largest absolute Gasteiger partial charge is 1.00 e. The van der Waals surface area contributed by atoms with Gasteiger partial charge in [-0.15, -0.1) is 0 Å². The fraction of sp³-hybridized carbons (Fsp3) is 0.462. The Morgan fingerprint density at radius 3 is 1.12 bits per heavy atom. The topological polar surface area (TPSA) is 3.88 Å². The summed E-state index contributed by atoms with van der Waals surface area (Å²) in [6.07, 6.45) is 0. The number of benzene rings is 3. The van der Waals surface area contributed by atoms with Crippen molar-refractivity contribution in [3.05, 3.63) is 92.9 Å². The third kappa shape index (κ3) is 7.03. The smallest absolute Gasteiger partial charge is 0.231 e. The molecule has 3 heteroatoms. The fourth-order valence-electron chi connectivity index (χ4n) is 5.25. The van der Waals surface area contributed by atoms with Crippen molar-refractivity contribution in [3.8, 4) is 27.9 Å². The molecular formula is C39H52ClNS. The highest BCUT2D eigenvalue weighted by molar-refractivity contribution is 7.09. The maximum atomic E-state index is 2.44. The Hall–Kier alpha value is -2.42. The molecular weight excluding hydrogens is 550 g/mol. The number of nitrogens with zero attached hydrogens (tertiary/aromatic N) is 1. The van der Waals surface area contributed by atoms with Crippen LogP contribution >= 0.6 is 11.3 Å². The Morgan fingerprint density at radius 1 is 0.524 bits per heavy atom. The van der Waals surface area contributed by atoms with Gasteiger partial charge in [0.1, 0.15) is 0 Å². The number of para-hydroxylation sites is 1. The highest BCUT2D eigenvalue weighted by Gasteiger charge is 2.29. The molecule has 0 saturated carbocycles. The number of aromatic nitrogens is 1. The van der Waals surface area contributed by atoms with Gasteiger partial charge >= 0.3 is 0 Å². The number of thiazole rings is 1. The third-order valence-corrected chi connectivity index (χ3v) is 9.40. The van der Waals surface area contributed by atoms with Crippen LogP contribution in [0.15, 0.2) is 60.1 Å². The number of aryl methyl sites for hydroxylation is 1. The number of rotatable bonds is 3. The second kappa shape index (κ2) is 11.6. The van der Waals surface area contributed by atoms with Gasteiger partial charge in [-0.2, -0.15) is 4.57 Å². The first-order chi connectivity index (χ1) is 18.7. The molecule has 3 aromatic carbocycles. The van der Waals surface area contributed by atoms with Crippen LogP contribution in [0.5, 0.6) is 0 Å². The van der Waals surface area contributed by atoms with Crippen LogP contribution in [0.25, 0.3) is 27.9 Å². The predicted molar refractivity (Wildman–Crippen MR) is 181 cm³/mol. The number of hydrogen-bond acceptors (Lipinski definition) is 1. The van der Waals surface area contributed by atoms with Crippen molar-refractivity contribution < 1.29 is 17.0 Å². The molecule has 0 unspecified atom stereocenters. The standard InChI is InChI=1S/C39H52NS.ClH/c1-25-26(2)41-24-40(25)35-33(27-18-29(36(3,4)5)22-30(19-27)37(6,7)8)16-15-17-34(35)28-20-31(38(9,10)11)23-32(21-28)39(12,13)14;/h15-24H,1-14H3;1H/q+1;/p-1. The third-order valence-electron chi connectivity index (χ3n) is 8.43. The SMILES string of the molecule is Cc1sc[n+](-c2c(-c3cc(C(C)(C)C)cc(C(C)(C)C)c3)cccc2-c2cc(C(C)(C)C)cc(C(C)(C)C)c2)c1C.[Cl-]. The molecule has 4 rings (SSSR count). The summed E-state index contributed by atoms with van der Waals surface area (Å²) in [7, 11) is 0. The van der Waals surface area contributed by atoms with Crippen LogP contribution in [0.3, 0.4) is 0 Å². The molecule has 1 heterocycles. The minimum Gasteiger partial charge on any atom is -1.00 e. The molecule has 0 radical (unpaired) electrons. The lowest BCUT2D eigenvalue weighted by Crippen LogP contribution is -3.00. The van der Waals surface area contributed by atoms with Crippen molar-refractivity contribution in [2.45, 2.75) is 119 Å². The van der Waals surface area contributed by atoms with Gasteiger partial charge in [0.2, 0.25) is 11.2 Å². The van der Waals surface area contributed by atoms with Crippen molar-refractivity contribution in [3.63, 3.8) is 0 Å². The van der Waals surface area contributed by atoms with E-state index < -0.39 is 0 Å². The molecule has 0 bridgehead atoms. The van der Waals surface area contributed by atoms with Crippen molar-refractivity contribution in [1.82, 2.24) is 0 Å². The molecule has 0 atom stereocenters. The van der Waals surface area contributed by atoms with Crippen LogP contribution in [0.4, 0.5) is 0 Å². The molecule has 0 aliphatic heterocycles. The lowest BCUT2D eigenvalue weighted by Gasteiger charge is -2.27. The Morgan fingerprint density at radius 2 is 0.857 bits per heavy atom.